The summed E-state index contributed by atoms with van der Waals surface area (Å²) in [6.07, 6.45) is 2.16. The molecule has 0 saturated heterocycles. The molecule has 1 aliphatic heterocycles. The quantitative estimate of drug-likeness (QED) is 0.624. The third kappa shape index (κ3) is 3.47. The first-order valence-electron chi connectivity index (χ1n) is 6.86. The van der Waals surface area contributed by atoms with Gasteiger partial charge in [-0.05, 0) is 37.9 Å². The third-order valence-corrected chi connectivity index (χ3v) is 3.59. The minimum absolute atomic E-state index is 0.202. The topological polar surface area (TPSA) is 41.6 Å². The van der Waals surface area contributed by atoms with E-state index in [1.54, 1.807) is 0 Å². The summed E-state index contributed by atoms with van der Waals surface area (Å²) in [6, 6.07) is 8.35. The Hall–Kier alpha value is -1.55. The number of fused-ring (bicyclic) bond motifs is 1. The highest BCUT2D eigenvalue weighted by Crippen LogP contribution is 2.27. The number of rotatable bonds is 6. The van der Waals surface area contributed by atoms with Crippen LogP contribution in [0, 0.1) is 0 Å². The Labute approximate surface area is 114 Å². The van der Waals surface area contributed by atoms with Crippen molar-refractivity contribution < 1.29 is 9.53 Å². The second-order valence-corrected chi connectivity index (χ2v) is 4.92. The molecule has 0 aliphatic carbocycles. The molecule has 0 fully saturated rings. The van der Waals surface area contributed by atoms with E-state index in [4.69, 9.17) is 0 Å². The Bertz CT molecular complexity index is 434. The maximum absolute atomic E-state index is 11.2. The van der Waals surface area contributed by atoms with Crippen LogP contribution in [0.2, 0.25) is 0 Å². The van der Waals surface area contributed by atoms with E-state index in [2.05, 4.69) is 39.2 Å². The summed E-state index contributed by atoms with van der Waals surface area (Å²) in [5.41, 5.74) is 2.81. The molecule has 0 amide bonds. The first kappa shape index (κ1) is 13.9. The van der Waals surface area contributed by atoms with E-state index >= 15 is 0 Å². The zero-order chi connectivity index (χ0) is 13.7. The minimum atomic E-state index is -0.226. The number of carbonyl (C=O) groups is 1. The van der Waals surface area contributed by atoms with Gasteiger partial charge in [0.05, 0.1) is 7.11 Å². The molecule has 1 atom stereocenters. The Kier molecular flexibility index (Phi) is 4.80. The molecule has 4 nitrogen and oxygen atoms in total. The number of ether oxygens (including phenoxy) is 1. The second-order valence-electron chi connectivity index (χ2n) is 4.92. The van der Waals surface area contributed by atoms with Crippen molar-refractivity contribution in [2.75, 3.05) is 31.6 Å². The zero-order valence-corrected chi connectivity index (χ0v) is 11.7. The molecule has 19 heavy (non-hydrogen) atoms. The van der Waals surface area contributed by atoms with Gasteiger partial charge in [-0.15, -0.1) is 0 Å². The lowest BCUT2D eigenvalue weighted by Crippen LogP contribution is -2.36. The fourth-order valence-corrected chi connectivity index (χ4v) is 2.49. The van der Waals surface area contributed by atoms with Gasteiger partial charge in [-0.3, -0.25) is 4.79 Å². The van der Waals surface area contributed by atoms with Gasteiger partial charge in [0.25, 0.3) is 0 Å². The summed E-state index contributed by atoms with van der Waals surface area (Å²) in [5.74, 6) is -0.202. The number of nitrogens with zero attached hydrogens (tertiary/aromatic N) is 1. The van der Waals surface area contributed by atoms with Gasteiger partial charge in [0.2, 0.25) is 0 Å². The van der Waals surface area contributed by atoms with Crippen LogP contribution in [0.25, 0.3) is 0 Å². The molecular weight excluding hydrogens is 240 g/mol. The number of esters is 1. The molecule has 0 saturated carbocycles. The number of hydrogen-bond acceptors (Lipinski definition) is 4. The predicted molar refractivity (Wildman–Crippen MR) is 76.5 cm³/mol. The number of carbonyl (C=O) groups excluding carboxylic acids is 1. The standard InChI is InChI=1S/C15H22N2O2/c1-12(15(18)19-2)16-9-5-10-17-11-8-13-6-3-4-7-14(13)17/h3-4,6-7,12,16H,5,8-11H2,1-2H3. The van der Waals surface area contributed by atoms with E-state index in [0.29, 0.717) is 0 Å². The third-order valence-electron chi connectivity index (χ3n) is 3.59. The summed E-state index contributed by atoms with van der Waals surface area (Å²) in [4.78, 5) is 13.6. The number of hydrogen-bond donors (Lipinski definition) is 1. The van der Waals surface area contributed by atoms with E-state index in [1.807, 2.05) is 6.92 Å². The molecule has 0 aromatic heterocycles. The molecule has 1 N–H and O–H groups in total. The van der Waals surface area contributed by atoms with Crippen LogP contribution in [0.5, 0.6) is 0 Å². The molecule has 104 valence electrons. The molecule has 1 aliphatic rings. The maximum Gasteiger partial charge on any atom is 0.322 e. The van der Waals surface area contributed by atoms with Crippen LogP contribution < -0.4 is 10.2 Å². The van der Waals surface area contributed by atoms with Crippen LogP contribution in [0.4, 0.5) is 5.69 Å². The van der Waals surface area contributed by atoms with Gasteiger partial charge in [-0.25, -0.2) is 0 Å². The molecule has 0 spiro atoms. The van der Waals surface area contributed by atoms with Crippen molar-refractivity contribution in [1.82, 2.24) is 5.32 Å². The van der Waals surface area contributed by atoms with Crippen LogP contribution in [0.1, 0.15) is 18.9 Å². The predicted octanol–water partition coefficient (Wildman–Crippen LogP) is 1.59. The first-order chi connectivity index (χ1) is 9.22. The highest BCUT2D eigenvalue weighted by molar-refractivity contribution is 5.75. The summed E-state index contributed by atoms with van der Waals surface area (Å²) >= 11 is 0. The monoisotopic (exact) mass is 262 g/mol. The van der Waals surface area contributed by atoms with Gasteiger partial charge in [-0.2, -0.15) is 0 Å². The molecule has 4 heteroatoms. The summed E-state index contributed by atoms with van der Waals surface area (Å²) < 4.78 is 4.68. The molecule has 0 radical (unpaired) electrons. The van der Waals surface area contributed by atoms with Gasteiger partial charge in [0.1, 0.15) is 6.04 Å². The van der Waals surface area contributed by atoms with E-state index in [1.165, 1.54) is 18.4 Å². The molecular formula is C15H22N2O2. The SMILES string of the molecule is COC(=O)C(C)NCCCN1CCc2ccccc21. The van der Waals surface area contributed by atoms with E-state index in [-0.39, 0.29) is 12.0 Å². The number of anilines is 1. The number of para-hydroxylation sites is 1. The van der Waals surface area contributed by atoms with E-state index in [9.17, 15) is 4.79 Å². The largest absolute Gasteiger partial charge is 0.468 e. The summed E-state index contributed by atoms with van der Waals surface area (Å²) in [6.45, 7) is 4.79. The van der Waals surface area contributed by atoms with Crippen LogP contribution >= 0.6 is 0 Å². The number of methoxy groups -OCH3 is 1. The Morgan fingerprint density at radius 3 is 3.05 bits per heavy atom. The van der Waals surface area contributed by atoms with Gasteiger partial charge in [-0.1, -0.05) is 18.2 Å². The minimum Gasteiger partial charge on any atom is -0.468 e. The van der Waals surface area contributed by atoms with Crippen LogP contribution in [0.3, 0.4) is 0 Å². The van der Waals surface area contributed by atoms with Gasteiger partial charge >= 0.3 is 5.97 Å². The average Bonchev–Trinajstić information content (AvgIpc) is 2.86. The highest BCUT2D eigenvalue weighted by atomic mass is 16.5. The lowest BCUT2D eigenvalue weighted by Gasteiger charge is -2.20. The van der Waals surface area contributed by atoms with E-state index in [0.717, 1.165) is 32.5 Å². The first-order valence-corrected chi connectivity index (χ1v) is 6.86. The van der Waals surface area contributed by atoms with Gasteiger partial charge in [0.15, 0.2) is 0 Å². The summed E-state index contributed by atoms with van der Waals surface area (Å²) in [7, 11) is 1.42. The fraction of sp³-hybridized carbons (Fsp3) is 0.533. The van der Waals surface area contributed by atoms with Crippen molar-refractivity contribution in [2.45, 2.75) is 25.8 Å². The number of nitrogens with one attached hydrogen (secondary N) is 1. The Balaban J connectivity index is 1.72. The maximum atomic E-state index is 11.2. The highest BCUT2D eigenvalue weighted by Gasteiger charge is 2.17. The van der Waals surface area contributed by atoms with Crippen LogP contribution in [0.15, 0.2) is 24.3 Å². The van der Waals surface area contributed by atoms with Crippen LogP contribution in [-0.4, -0.2) is 38.8 Å². The zero-order valence-electron chi connectivity index (χ0n) is 11.7. The normalized spacial score (nSPS) is 15.2. The van der Waals surface area contributed by atoms with Crippen molar-refractivity contribution in [3.05, 3.63) is 29.8 Å². The summed E-state index contributed by atoms with van der Waals surface area (Å²) in [5, 5.41) is 3.18. The molecule has 1 unspecified atom stereocenters. The molecule has 1 heterocycles. The molecule has 1 aromatic carbocycles. The van der Waals surface area contributed by atoms with Gasteiger partial charge in [0, 0.05) is 18.8 Å². The smallest absolute Gasteiger partial charge is 0.322 e. The van der Waals surface area contributed by atoms with Crippen molar-refractivity contribution in [3.8, 4) is 0 Å². The number of benzene rings is 1. The average molecular weight is 262 g/mol. The van der Waals surface area contributed by atoms with Crippen molar-refractivity contribution in [3.63, 3.8) is 0 Å². The van der Waals surface area contributed by atoms with Crippen LogP contribution in [-0.2, 0) is 16.0 Å². The molecule has 0 bridgehead atoms. The Morgan fingerprint density at radius 1 is 1.47 bits per heavy atom. The van der Waals surface area contributed by atoms with Crippen molar-refractivity contribution in [2.24, 2.45) is 0 Å². The molecule has 1 aromatic rings. The molecule has 2 rings (SSSR count). The van der Waals surface area contributed by atoms with E-state index < -0.39 is 0 Å². The second kappa shape index (κ2) is 6.57. The van der Waals surface area contributed by atoms with Gasteiger partial charge < -0.3 is 15.0 Å². The van der Waals surface area contributed by atoms with Crippen molar-refractivity contribution >= 4 is 11.7 Å². The Morgan fingerprint density at radius 2 is 2.26 bits per heavy atom. The lowest BCUT2D eigenvalue weighted by molar-refractivity contribution is -0.142. The fourth-order valence-electron chi connectivity index (χ4n) is 2.49. The van der Waals surface area contributed by atoms with Crippen molar-refractivity contribution in [1.29, 1.82) is 0 Å². The lowest BCUT2D eigenvalue weighted by atomic mass is 10.2.